The monoisotopic (exact) mass is 346 g/mol. The summed E-state index contributed by atoms with van der Waals surface area (Å²) in [5.41, 5.74) is 1.57. The van der Waals surface area contributed by atoms with Crippen LogP contribution in [-0.2, 0) is 9.53 Å². The number of amides is 1. The number of hydrogen-bond donors (Lipinski definition) is 1. The van der Waals surface area contributed by atoms with Crippen molar-refractivity contribution >= 4 is 23.2 Å². The van der Waals surface area contributed by atoms with Crippen molar-refractivity contribution in [2.24, 2.45) is 0 Å². The molecule has 2 rings (SSSR count). The topological polar surface area (TPSA) is 68.3 Å². The van der Waals surface area contributed by atoms with Gasteiger partial charge in [-0.2, -0.15) is 0 Å². The third-order valence-electron chi connectivity index (χ3n) is 3.47. The van der Waals surface area contributed by atoms with Gasteiger partial charge in [0.05, 0.1) is 5.69 Å². The molecule has 1 atom stereocenters. The molecular formula is C18H22N2O3S. The molecule has 1 amide bonds. The van der Waals surface area contributed by atoms with Gasteiger partial charge in [0.15, 0.2) is 6.61 Å². The van der Waals surface area contributed by atoms with E-state index in [1.54, 1.807) is 6.92 Å². The van der Waals surface area contributed by atoms with Crippen LogP contribution in [0.1, 0.15) is 42.1 Å². The Morgan fingerprint density at radius 1 is 1.29 bits per heavy atom. The van der Waals surface area contributed by atoms with Gasteiger partial charge in [-0.05, 0) is 20.3 Å². The van der Waals surface area contributed by atoms with Crippen LogP contribution in [0.25, 0.3) is 10.6 Å². The summed E-state index contributed by atoms with van der Waals surface area (Å²) in [7, 11) is 0. The molecule has 0 fully saturated rings. The Morgan fingerprint density at radius 3 is 2.67 bits per heavy atom. The lowest BCUT2D eigenvalue weighted by atomic mass is 10.2. The average molecular weight is 346 g/mol. The predicted octanol–water partition coefficient (Wildman–Crippen LogP) is 3.58. The predicted molar refractivity (Wildman–Crippen MR) is 95.1 cm³/mol. The zero-order valence-electron chi connectivity index (χ0n) is 14.2. The van der Waals surface area contributed by atoms with E-state index < -0.39 is 5.97 Å². The van der Waals surface area contributed by atoms with Crippen LogP contribution in [0.3, 0.4) is 0 Å². The minimum atomic E-state index is -0.509. The van der Waals surface area contributed by atoms with Crippen LogP contribution in [0, 0.1) is 6.92 Å². The van der Waals surface area contributed by atoms with Gasteiger partial charge in [0, 0.05) is 11.6 Å². The molecule has 6 heteroatoms. The molecule has 0 saturated carbocycles. The molecular weight excluding hydrogens is 324 g/mol. The second-order valence-electron chi connectivity index (χ2n) is 5.63. The average Bonchev–Trinajstić information content (AvgIpc) is 2.95. The van der Waals surface area contributed by atoms with Crippen LogP contribution in [-0.4, -0.2) is 29.5 Å². The molecule has 0 radical (unpaired) electrons. The van der Waals surface area contributed by atoms with Crippen LogP contribution in [0.15, 0.2) is 30.3 Å². The molecule has 1 N–H and O–H groups in total. The number of esters is 1. The zero-order valence-corrected chi connectivity index (χ0v) is 15.0. The first kappa shape index (κ1) is 18.1. The molecule has 2 aromatic rings. The van der Waals surface area contributed by atoms with E-state index in [9.17, 15) is 9.59 Å². The normalized spacial score (nSPS) is 11.8. The molecule has 0 saturated heterocycles. The Balaban J connectivity index is 1.96. The molecule has 0 spiro atoms. The van der Waals surface area contributed by atoms with Crippen molar-refractivity contribution in [1.29, 1.82) is 0 Å². The van der Waals surface area contributed by atoms with Crippen LogP contribution in [0.2, 0.25) is 0 Å². The van der Waals surface area contributed by atoms with E-state index in [2.05, 4.69) is 17.2 Å². The maximum atomic E-state index is 12.2. The first-order chi connectivity index (χ1) is 11.5. The largest absolute Gasteiger partial charge is 0.451 e. The summed E-state index contributed by atoms with van der Waals surface area (Å²) in [6.45, 7) is 5.48. The third kappa shape index (κ3) is 4.89. The zero-order chi connectivity index (χ0) is 17.5. The Kier molecular flexibility index (Phi) is 6.49. The van der Waals surface area contributed by atoms with E-state index in [0.717, 1.165) is 23.4 Å². The van der Waals surface area contributed by atoms with Crippen LogP contribution < -0.4 is 5.32 Å². The number of carbonyl (C=O) groups excluding carboxylic acids is 2. The summed E-state index contributed by atoms with van der Waals surface area (Å²) in [5, 5.41) is 3.57. The highest BCUT2D eigenvalue weighted by Gasteiger charge is 2.19. The Morgan fingerprint density at radius 2 is 2.00 bits per heavy atom. The van der Waals surface area contributed by atoms with Crippen LogP contribution in [0.5, 0.6) is 0 Å². The first-order valence-corrected chi connectivity index (χ1v) is 8.82. The molecule has 1 aromatic heterocycles. The van der Waals surface area contributed by atoms with Crippen LogP contribution >= 0.6 is 11.3 Å². The minimum Gasteiger partial charge on any atom is -0.451 e. The third-order valence-corrected chi connectivity index (χ3v) is 4.65. The smallest absolute Gasteiger partial charge is 0.350 e. The summed E-state index contributed by atoms with van der Waals surface area (Å²) in [6, 6.07) is 9.73. The first-order valence-electron chi connectivity index (χ1n) is 8.00. The molecule has 24 heavy (non-hydrogen) atoms. The fourth-order valence-corrected chi connectivity index (χ4v) is 3.27. The fourth-order valence-electron chi connectivity index (χ4n) is 2.31. The molecule has 0 unspecified atom stereocenters. The van der Waals surface area contributed by atoms with Crippen molar-refractivity contribution in [3.05, 3.63) is 40.9 Å². The van der Waals surface area contributed by atoms with Gasteiger partial charge in [0.25, 0.3) is 5.91 Å². The highest BCUT2D eigenvalue weighted by molar-refractivity contribution is 7.17. The molecule has 0 bridgehead atoms. The molecule has 128 valence electrons. The molecule has 0 aliphatic rings. The van der Waals surface area contributed by atoms with E-state index >= 15 is 0 Å². The van der Waals surface area contributed by atoms with E-state index in [1.165, 1.54) is 11.3 Å². The fraction of sp³-hybridized carbons (Fsp3) is 0.389. The van der Waals surface area contributed by atoms with Crippen molar-refractivity contribution < 1.29 is 14.3 Å². The molecule has 5 nitrogen and oxygen atoms in total. The number of nitrogens with one attached hydrogen (secondary N) is 1. The van der Waals surface area contributed by atoms with Crippen LogP contribution in [0.4, 0.5) is 0 Å². The van der Waals surface area contributed by atoms with Crippen molar-refractivity contribution in [3.8, 4) is 10.6 Å². The second kappa shape index (κ2) is 8.59. The van der Waals surface area contributed by atoms with E-state index in [1.807, 2.05) is 37.3 Å². The maximum absolute atomic E-state index is 12.2. The summed E-state index contributed by atoms with van der Waals surface area (Å²) in [4.78, 5) is 28.8. The van der Waals surface area contributed by atoms with Crippen molar-refractivity contribution in [2.75, 3.05) is 6.61 Å². The number of rotatable bonds is 7. The number of carbonyl (C=O) groups is 2. The Hall–Kier alpha value is -2.21. The Labute approximate surface area is 146 Å². The molecule has 0 aliphatic carbocycles. The quantitative estimate of drug-likeness (QED) is 0.778. The summed E-state index contributed by atoms with van der Waals surface area (Å²) in [6.07, 6.45) is 1.89. The highest BCUT2D eigenvalue weighted by atomic mass is 32.1. The van der Waals surface area contributed by atoms with Gasteiger partial charge in [-0.15, -0.1) is 11.3 Å². The van der Waals surface area contributed by atoms with Gasteiger partial charge in [-0.3, -0.25) is 4.79 Å². The SMILES string of the molecule is CCC[C@@H](C)NC(=O)COC(=O)c1sc(-c2ccccc2)nc1C. The number of benzene rings is 1. The summed E-state index contributed by atoms with van der Waals surface area (Å²) >= 11 is 1.28. The van der Waals surface area contributed by atoms with Crippen molar-refractivity contribution in [2.45, 2.75) is 39.7 Å². The van der Waals surface area contributed by atoms with E-state index in [0.29, 0.717) is 10.6 Å². The van der Waals surface area contributed by atoms with Gasteiger partial charge in [0.2, 0.25) is 0 Å². The van der Waals surface area contributed by atoms with Gasteiger partial charge in [-0.25, -0.2) is 9.78 Å². The van der Waals surface area contributed by atoms with Crippen molar-refractivity contribution in [1.82, 2.24) is 10.3 Å². The second-order valence-corrected chi connectivity index (χ2v) is 6.63. The minimum absolute atomic E-state index is 0.0797. The molecule has 1 aromatic carbocycles. The Bertz CT molecular complexity index is 698. The number of hydrogen-bond acceptors (Lipinski definition) is 5. The summed E-state index contributed by atoms with van der Waals surface area (Å²) in [5.74, 6) is -0.791. The lowest BCUT2D eigenvalue weighted by molar-refractivity contribution is -0.124. The van der Waals surface area contributed by atoms with Gasteiger partial charge in [0.1, 0.15) is 9.88 Å². The van der Waals surface area contributed by atoms with E-state index in [4.69, 9.17) is 4.74 Å². The maximum Gasteiger partial charge on any atom is 0.350 e. The lowest BCUT2D eigenvalue weighted by Gasteiger charge is -2.12. The van der Waals surface area contributed by atoms with Gasteiger partial charge < -0.3 is 10.1 Å². The number of aromatic nitrogens is 1. The van der Waals surface area contributed by atoms with Gasteiger partial charge >= 0.3 is 5.97 Å². The standard InChI is InChI=1S/C18H22N2O3S/c1-4-8-12(2)19-15(21)11-23-18(22)16-13(3)20-17(24-16)14-9-6-5-7-10-14/h5-7,9-10,12H,4,8,11H2,1-3H3,(H,19,21)/t12-/m1/s1. The number of nitrogens with zero attached hydrogens (tertiary/aromatic N) is 1. The van der Waals surface area contributed by atoms with Crippen molar-refractivity contribution in [3.63, 3.8) is 0 Å². The van der Waals surface area contributed by atoms with E-state index in [-0.39, 0.29) is 18.6 Å². The molecule has 1 heterocycles. The summed E-state index contributed by atoms with van der Waals surface area (Å²) < 4.78 is 5.12. The number of ether oxygens (including phenoxy) is 1. The number of thiazole rings is 1. The lowest BCUT2D eigenvalue weighted by Crippen LogP contribution is -2.35. The highest BCUT2D eigenvalue weighted by Crippen LogP contribution is 2.28. The number of aryl methyl sites for hydroxylation is 1. The molecule has 0 aliphatic heterocycles. The van der Waals surface area contributed by atoms with Gasteiger partial charge in [-0.1, -0.05) is 43.7 Å².